The van der Waals surface area contributed by atoms with Crippen LogP contribution in [0.25, 0.3) is 21.9 Å². The third-order valence-electron chi connectivity index (χ3n) is 3.67. The van der Waals surface area contributed by atoms with Crippen molar-refractivity contribution < 1.29 is 8.78 Å². The van der Waals surface area contributed by atoms with E-state index in [2.05, 4.69) is 0 Å². The van der Waals surface area contributed by atoms with Crippen LogP contribution in [0.15, 0.2) is 54.6 Å². The summed E-state index contributed by atoms with van der Waals surface area (Å²) in [6.07, 6.45) is 0. The van der Waals surface area contributed by atoms with Crippen LogP contribution >= 0.6 is 0 Å². The Morgan fingerprint density at radius 3 is 2.29 bits per heavy atom. The van der Waals surface area contributed by atoms with Crippen LogP contribution in [-0.4, -0.2) is 0 Å². The average Bonchev–Trinajstić information content (AvgIpc) is 2.47. The maximum atomic E-state index is 13.9. The molecule has 3 heteroatoms. The molecule has 0 radical (unpaired) electrons. The van der Waals surface area contributed by atoms with Crippen LogP contribution in [0.4, 0.5) is 8.78 Å². The van der Waals surface area contributed by atoms with E-state index in [-0.39, 0.29) is 17.7 Å². The molecule has 3 rings (SSSR count). The second kappa shape index (κ2) is 5.26. The van der Waals surface area contributed by atoms with E-state index in [1.54, 1.807) is 24.3 Å². The van der Waals surface area contributed by atoms with Gasteiger partial charge in [-0.15, -0.1) is 0 Å². The highest BCUT2D eigenvalue weighted by Crippen LogP contribution is 2.34. The number of rotatable bonds is 2. The summed E-state index contributed by atoms with van der Waals surface area (Å²) >= 11 is 0. The number of fused-ring (bicyclic) bond motifs is 1. The van der Waals surface area contributed by atoms with E-state index < -0.39 is 0 Å². The highest BCUT2D eigenvalue weighted by atomic mass is 19.1. The van der Waals surface area contributed by atoms with E-state index in [1.807, 2.05) is 19.1 Å². The molecule has 0 amide bonds. The molecule has 1 nitrogen and oxygen atoms in total. The zero-order valence-corrected chi connectivity index (χ0v) is 11.6. The van der Waals surface area contributed by atoms with Gasteiger partial charge >= 0.3 is 0 Å². The van der Waals surface area contributed by atoms with Gasteiger partial charge in [0.05, 0.1) is 0 Å². The molecular formula is C18H15F2N. The molecule has 3 aromatic carbocycles. The topological polar surface area (TPSA) is 26.0 Å². The smallest absolute Gasteiger partial charge is 0.131 e. The van der Waals surface area contributed by atoms with Gasteiger partial charge in [-0.25, -0.2) is 8.78 Å². The van der Waals surface area contributed by atoms with Gasteiger partial charge in [-0.2, -0.15) is 0 Å². The molecule has 0 aliphatic heterocycles. The number of nitrogens with two attached hydrogens (primary N) is 1. The first-order valence-corrected chi connectivity index (χ1v) is 6.80. The fourth-order valence-corrected chi connectivity index (χ4v) is 2.66. The summed E-state index contributed by atoms with van der Waals surface area (Å²) in [6.45, 7) is 1.85. The number of benzene rings is 3. The van der Waals surface area contributed by atoms with E-state index >= 15 is 0 Å². The lowest BCUT2D eigenvalue weighted by atomic mass is 9.92. The quantitative estimate of drug-likeness (QED) is 0.718. The predicted octanol–water partition coefficient (Wildman–Crippen LogP) is 4.80. The molecule has 3 aromatic rings. The first-order valence-electron chi connectivity index (χ1n) is 6.80. The Hall–Kier alpha value is -2.26. The molecule has 1 atom stereocenters. The molecule has 2 N–H and O–H groups in total. The molecule has 0 fully saturated rings. The lowest BCUT2D eigenvalue weighted by Gasteiger charge is -2.15. The Morgan fingerprint density at radius 2 is 1.57 bits per heavy atom. The summed E-state index contributed by atoms with van der Waals surface area (Å²) in [6, 6.07) is 14.6. The van der Waals surface area contributed by atoms with Crippen LogP contribution < -0.4 is 5.73 Å². The minimum atomic E-state index is -0.331. The minimum absolute atomic E-state index is 0.232. The first-order chi connectivity index (χ1) is 10.1. The standard InChI is InChI=1S/C18H15F2N/c1-11(21)13-7-6-12(19)10-17(13)15-8-9-18(20)16-5-3-2-4-14(15)16/h2-11H,21H2,1H3. The lowest BCUT2D eigenvalue weighted by Crippen LogP contribution is -2.07. The maximum Gasteiger partial charge on any atom is 0.131 e. The third-order valence-corrected chi connectivity index (χ3v) is 3.67. The summed E-state index contributed by atoms with van der Waals surface area (Å²) < 4.78 is 27.6. The number of hydrogen-bond donors (Lipinski definition) is 1. The van der Waals surface area contributed by atoms with Crippen molar-refractivity contribution in [1.82, 2.24) is 0 Å². The van der Waals surface area contributed by atoms with Gasteiger partial charge < -0.3 is 5.73 Å². The number of hydrogen-bond acceptors (Lipinski definition) is 1. The van der Waals surface area contributed by atoms with Gasteiger partial charge in [0.1, 0.15) is 11.6 Å². The summed E-state index contributed by atoms with van der Waals surface area (Å²) in [5, 5.41) is 1.28. The SMILES string of the molecule is CC(N)c1ccc(F)cc1-c1ccc(F)c2ccccc12. The van der Waals surface area contributed by atoms with Crippen molar-refractivity contribution in [3.63, 3.8) is 0 Å². The van der Waals surface area contributed by atoms with Gasteiger partial charge in [-0.05, 0) is 47.2 Å². The Kier molecular flexibility index (Phi) is 3.43. The third kappa shape index (κ3) is 2.41. The Morgan fingerprint density at radius 1 is 0.857 bits per heavy atom. The molecule has 0 spiro atoms. The summed E-state index contributed by atoms with van der Waals surface area (Å²) in [5.74, 6) is -0.615. The molecule has 0 heterocycles. The van der Waals surface area contributed by atoms with E-state index in [4.69, 9.17) is 5.73 Å². The van der Waals surface area contributed by atoms with Crippen molar-refractivity contribution in [3.05, 3.63) is 71.8 Å². The van der Waals surface area contributed by atoms with Gasteiger partial charge in [0.25, 0.3) is 0 Å². The molecular weight excluding hydrogens is 268 g/mol. The van der Waals surface area contributed by atoms with Crippen molar-refractivity contribution in [1.29, 1.82) is 0 Å². The van der Waals surface area contributed by atoms with Gasteiger partial charge in [0, 0.05) is 11.4 Å². The van der Waals surface area contributed by atoms with Crippen LogP contribution in [-0.2, 0) is 0 Å². The average molecular weight is 283 g/mol. The van der Waals surface area contributed by atoms with Crippen LogP contribution in [0.5, 0.6) is 0 Å². The summed E-state index contributed by atoms with van der Waals surface area (Å²) in [5.41, 5.74) is 8.32. The lowest BCUT2D eigenvalue weighted by molar-refractivity contribution is 0.626. The molecule has 1 unspecified atom stereocenters. The van der Waals surface area contributed by atoms with Crippen molar-refractivity contribution in [2.45, 2.75) is 13.0 Å². The molecule has 0 aliphatic carbocycles. The Balaban J connectivity index is 2.36. The van der Waals surface area contributed by atoms with Gasteiger partial charge in [-0.3, -0.25) is 0 Å². The zero-order valence-electron chi connectivity index (χ0n) is 11.6. The molecule has 0 saturated carbocycles. The normalized spacial score (nSPS) is 12.6. The van der Waals surface area contributed by atoms with E-state index in [9.17, 15) is 8.78 Å². The van der Waals surface area contributed by atoms with Crippen LogP contribution in [0.1, 0.15) is 18.5 Å². The molecule has 106 valence electrons. The van der Waals surface area contributed by atoms with Crippen molar-refractivity contribution in [3.8, 4) is 11.1 Å². The highest BCUT2D eigenvalue weighted by Gasteiger charge is 2.14. The van der Waals surface area contributed by atoms with Gasteiger partial charge in [0.2, 0.25) is 0 Å². The predicted molar refractivity (Wildman–Crippen MR) is 81.9 cm³/mol. The van der Waals surface area contributed by atoms with Crippen LogP contribution in [0.2, 0.25) is 0 Å². The molecule has 0 aliphatic rings. The molecule has 0 bridgehead atoms. The largest absolute Gasteiger partial charge is 0.324 e. The fraction of sp³-hybridized carbons (Fsp3) is 0.111. The van der Waals surface area contributed by atoms with E-state index in [0.717, 1.165) is 16.5 Å². The highest BCUT2D eigenvalue weighted by molar-refractivity contribution is 5.97. The van der Waals surface area contributed by atoms with Crippen molar-refractivity contribution in [2.75, 3.05) is 0 Å². The zero-order chi connectivity index (χ0) is 15.0. The number of halogens is 2. The molecule has 21 heavy (non-hydrogen) atoms. The Labute approximate surface area is 122 Å². The van der Waals surface area contributed by atoms with Crippen molar-refractivity contribution in [2.24, 2.45) is 5.73 Å². The summed E-state index contributed by atoms with van der Waals surface area (Å²) in [4.78, 5) is 0. The first kappa shape index (κ1) is 13.7. The monoisotopic (exact) mass is 283 g/mol. The Bertz CT molecular complexity index is 809. The maximum absolute atomic E-state index is 13.9. The molecule has 0 saturated heterocycles. The van der Waals surface area contributed by atoms with Crippen LogP contribution in [0, 0.1) is 11.6 Å². The second-order valence-electron chi connectivity index (χ2n) is 5.16. The minimum Gasteiger partial charge on any atom is -0.324 e. The summed E-state index contributed by atoms with van der Waals surface area (Å²) in [7, 11) is 0. The van der Waals surface area contributed by atoms with E-state index in [0.29, 0.717) is 10.9 Å². The molecule has 0 aromatic heterocycles. The van der Waals surface area contributed by atoms with E-state index in [1.165, 1.54) is 18.2 Å². The van der Waals surface area contributed by atoms with Crippen molar-refractivity contribution >= 4 is 10.8 Å². The fourth-order valence-electron chi connectivity index (χ4n) is 2.66. The van der Waals surface area contributed by atoms with Crippen LogP contribution in [0.3, 0.4) is 0 Å². The second-order valence-corrected chi connectivity index (χ2v) is 5.16. The van der Waals surface area contributed by atoms with Gasteiger partial charge in [0.15, 0.2) is 0 Å². The van der Waals surface area contributed by atoms with Gasteiger partial charge in [-0.1, -0.05) is 36.4 Å².